The number of aliphatic hydroxyl groups is 3. The van der Waals surface area contributed by atoms with Gasteiger partial charge in [-0.2, -0.15) is 8.42 Å². The molecule has 12 nitrogen and oxygen atoms in total. The molecule has 342 valence electrons. The molecule has 1 fully saturated rings. The Kier molecular flexibility index (Phi) is 33.8. The van der Waals surface area contributed by atoms with Crippen LogP contribution in [0.25, 0.3) is 0 Å². The van der Waals surface area contributed by atoms with Crippen molar-refractivity contribution in [2.24, 2.45) is 0 Å². The SMILES string of the molecule is CCCC/C=C/CCCCCCCCCCCC(=O)O[C@H](COC(=O)CCCCCCCCCCCCCCCCC)CO[C@H]1O[C@H](CS(=O)(=O)O)[C@@H](O)C(O)C1O. The van der Waals surface area contributed by atoms with E-state index in [1.54, 1.807) is 0 Å². The highest BCUT2D eigenvalue weighted by molar-refractivity contribution is 7.85. The number of unbranched alkanes of at least 4 members (excludes halogenated alkanes) is 25. The van der Waals surface area contributed by atoms with Crippen LogP contribution in [-0.4, -0.2) is 96.0 Å². The first-order valence-electron chi connectivity index (χ1n) is 23.2. The quantitative estimate of drug-likeness (QED) is 0.0199. The van der Waals surface area contributed by atoms with E-state index >= 15 is 0 Å². The summed E-state index contributed by atoms with van der Waals surface area (Å²) < 4.78 is 54.1. The summed E-state index contributed by atoms with van der Waals surface area (Å²) in [5.41, 5.74) is 0. The maximum Gasteiger partial charge on any atom is 0.306 e. The summed E-state index contributed by atoms with van der Waals surface area (Å²) >= 11 is 0. The lowest BCUT2D eigenvalue weighted by Gasteiger charge is -2.40. The Hall–Kier alpha value is -1.61. The van der Waals surface area contributed by atoms with Crippen molar-refractivity contribution in [1.82, 2.24) is 0 Å². The van der Waals surface area contributed by atoms with Gasteiger partial charge in [-0.1, -0.05) is 174 Å². The van der Waals surface area contributed by atoms with Gasteiger partial charge in [0.25, 0.3) is 10.1 Å². The largest absolute Gasteiger partial charge is 0.462 e. The molecule has 0 aromatic heterocycles. The summed E-state index contributed by atoms with van der Waals surface area (Å²) in [6.45, 7) is 3.75. The second-order valence-corrected chi connectivity index (χ2v) is 17.9. The second kappa shape index (κ2) is 36.1. The Morgan fingerprint density at radius 1 is 0.569 bits per heavy atom. The van der Waals surface area contributed by atoms with Gasteiger partial charge in [-0.25, -0.2) is 0 Å². The highest BCUT2D eigenvalue weighted by atomic mass is 32.2. The van der Waals surface area contributed by atoms with Crippen LogP contribution in [-0.2, 0) is 38.7 Å². The lowest BCUT2D eigenvalue weighted by molar-refractivity contribution is -0.297. The predicted octanol–water partition coefficient (Wildman–Crippen LogP) is 9.45. The molecule has 0 amide bonds. The molecule has 1 heterocycles. The zero-order valence-corrected chi connectivity index (χ0v) is 37.2. The van der Waals surface area contributed by atoms with Crippen LogP contribution in [0, 0.1) is 0 Å². The van der Waals surface area contributed by atoms with E-state index in [4.69, 9.17) is 18.9 Å². The first-order valence-corrected chi connectivity index (χ1v) is 24.9. The third kappa shape index (κ3) is 30.4. The number of allylic oxidation sites excluding steroid dienone is 2. The topological polar surface area (TPSA) is 186 Å². The average Bonchev–Trinajstić information content (AvgIpc) is 3.18. The summed E-state index contributed by atoms with van der Waals surface area (Å²) in [7, 11) is -4.60. The molecule has 1 aliphatic rings. The first-order chi connectivity index (χ1) is 28.0. The van der Waals surface area contributed by atoms with E-state index < -0.39 is 71.2 Å². The molecule has 1 rings (SSSR count). The summed E-state index contributed by atoms with van der Waals surface area (Å²) in [6, 6.07) is 0. The lowest BCUT2D eigenvalue weighted by Crippen LogP contribution is -2.60. The highest BCUT2D eigenvalue weighted by Gasteiger charge is 2.46. The van der Waals surface area contributed by atoms with E-state index in [9.17, 15) is 37.9 Å². The number of esters is 2. The lowest BCUT2D eigenvalue weighted by atomic mass is 10.00. The first kappa shape index (κ1) is 54.4. The molecule has 0 aromatic rings. The van der Waals surface area contributed by atoms with E-state index in [-0.39, 0.29) is 19.4 Å². The maximum atomic E-state index is 12.8. The number of hydrogen-bond acceptors (Lipinski definition) is 11. The fraction of sp³-hybridized carbons (Fsp3) is 0.911. The predicted molar refractivity (Wildman–Crippen MR) is 229 cm³/mol. The van der Waals surface area contributed by atoms with Crippen molar-refractivity contribution >= 4 is 22.1 Å². The van der Waals surface area contributed by atoms with Crippen LogP contribution in [0.2, 0.25) is 0 Å². The molecule has 13 heteroatoms. The molecule has 0 aliphatic carbocycles. The summed E-state index contributed by atoms with van der Waals surface area (Å²) in [6.07, 6.45) is 28.2. The monoisotopic (exact) mass is 849 g/mol. The van der Waals surface area contributed by atoms with Crippen molar-refractivity contribution in [2.45, 2.75) is 243 Å². The van der Waals surface area contributed by atoms with Gasteiger partial charge in [-0.15, -0.1) is 0 Å². The van der Waals surface area contributed by atoms with Crippen LogP contribution in [0.15, 0.2) is 12.2 Å². The third-order valence-corrected chi connectivity index (χ3v) is 11.6. The molecule has 1 aliphatic heterocycles. The fourth-order valence-corrected chi connectivity index (χ4v) is 7.88. The van der Waals surface area contributed by atoms with Gasteiger partial charge in [0.2, 0.25) is 0 Å². The van der Waals surface area contributed by atoms with E-state index in [2.05, 4.69) is 26.0 Å². The van der Waals surface area contributed by atoms with Gasteiger partial charge in [-0.3, -0.25) is 14.1 Å². The number of carbonyl (C=O) groups is 2. The summed E-state index contributed by atoms with van der Waals surface area (Å²) in [4.78, 5) is 25.4. The number of ether oxygens (including phenoxy) is 4. The van der Waals surface area contributed by atoms with E-state index in [0.717, 1.165) is 44.9 Å². The Bertz CT molecular complexity index is 1130. The Morgan fingerprint density at radius 2 is 1.00 bits per heavy atom. The molecular formula is C45H84O12S. The minimum absolute atomic E-state index is 0.166. The average molecular weight is 849 g/mol. The van der Waals surface area contributed by atoms with Crippen molar-refractivity contribution in [3.63, 3.8) is 0 Å². The molecule has 4 N–H and O–H groups in total. The summed E-state index contributed by atoms with van der Waals surface area (Å²) in [5.74, 6) is -1.97. The Balaban J connectivity index is 2.42. The van der Waals surface area contributed by atoms with Crippen molar-refractivity contribution in [1.29, 1.82) is 0 Å². The van der Waals surface area contributed by atoms with Gasteiger partial charge in [0.15, 0.2) is 12.4 Å². The molecule has 6 atom stereocenters. The zero-order valence-electron chi connectivity index (χ0n) is 36.4. The van der Waals surface area contributed by atoms with Gasteiger partial charge in [-0.05, 0) is 32.1 Å². The minimum Gasteiger partial charge on any atom is -0.462 e. The van der Waals surface area contributed by atoms with Gasteiger partial charge in [0.05, 0.1) is 6.61 Å². The molecule has 58 heavy (non-hydrogen) atoms. The molecule has 2 unspecified atom stereocenters. The number of carbonyl (C=O) groups excluding carboxylic acids is 2. The maximum absolute atomic E-state index is 12.8. The van der Waals surface area contributed by atoms with Gasteiger partial charge >= 0.3 is 11.9 Å². The molecule has 1 saturated heterocycles. The van der Waals surface area contributed by atoms with Crippen LogP contribution in [0.1, 0.15) is 206 Å². The molecule has 0 aromatic carbocycles. The van der Waals surface area contributed by atoms with Crippen LogP contribution >= 0.6 is 0 Å². The number of rotatable bonds is 39. The minimum atomic E-state index is -4.60. The van der Waals surface area contributed by atoms with Crippen molar-refractivity contribution in [3.05, 3.63) is 12.2 Å². The van der Waals surface area contributed by atoms with Crippen molar-refractivity contribution in [3.8, 4) is 0 Å². The summed E-state index contributed by atoms with van der Waals surface area (Å²) in [5, 5.41) is 30.9. The molecule has 0 spiro atoms. The van der Waals surface area contributed by atoms with E-state index in [1.807, 2.05) is 0 Å². The van der Waals surface area contributed by atoms with Gasteiger partial charge in [0, 0.05) is 12.8 Å². The molecule has 0 bridgehead atoms. The van der Waals surface area contributed by atoms with Gasteiger partial charge < -0.3 is 34.3 Å². The highest BCUT2D eigenvalue weighted by Crippen LogP contribution is 2.24. The van der Waals surface area contributed by atoms with Crippen molar-refractivity contribution in [2.75, 3.05) is 19.0 Å². The zero-order chi connectivity index (χ0) is 42.7. The second-order valence-electron chi connectivity index (χ2n) is 16.4. The van der Waals surface area contributed by atoms with Crippen LogP contribution in [0.5, 0.6) is 0 Å². The van der Waals surface area contributed by atoms with Crippen LogP contribution in [0.4, 0.5) is 0 Å². The fourth-order valence-electron chi connectivity index (χ4n) is 7.19. The molecule has 0 radical (unpaired) electrons. The van der Waals surface area contributed by atoms with Crippen LogP contribution < -0.4 is 0 Å². The standard InChI is InChI=1S/C45H84O12S/c1-3-5-7-9-11-13-15-17-19-21-23-25-27-29-31-33-40(46)54-35-38(36-55-45-44(50)43(49)42(48)39(57-45)37-58(51,52)53)56-41(47)34-32-30-28-26-24-22-20-18-16-14-12-10-8-6-4-2/h10,12,38-39,42-45,48-50H,3-9,11,13-37H2,1-2H3,(H,51,52,53)/b12-10+/t38-,39-,42-,43?,44?,45+/m1/s1. The van der Waals surface area contributed by atoms with Gasteiger partial charge in [0.1, 0.15) is 36.8 Å². The molecule has 0 saturated carbocycles. The van der Waals surface area contributed by atoms with Crippen LogP contribution in [0.3, 0.4) is 0 Å². The molecular weight excluding hydrogens is 765 g/mol. The van der Waals surface area contributed by atoms with E-state index in [1.165, 1.54) is 122 Å². The Labute approximate surface area is 352 Å². The van der Waals surface area contributed by atoms with E-state index in [0.29, 0.717) is 12.8 Å². The number of aliphatic hydroxyl groups excluding tert-OH is 3. The Morgan fingerprint density at radius 3 is 1.48 bits per heavy atom. The van der Waals surface area contributed by atoms with Crippen molar-refractivity contribution < 1.29 is 56.8 Å². The number of hydrogen-bond donors (Lipinski definition) is 4. The normalized spacial score (nSPS) is 20.4. The third-order valence-electron chi connectivity index (χ3n) is 10.8. The smallest absolute Gasteiger partial charge is 0.306 e.